The Labute approximate surface area is 95.8 Å². The Bertz CT molecular complexity index is 372. The maximum absolute atomic E-state index is 5.74. The van der Waals surface area contributed by atoms with Crippen molar-refractivity contribution in [2.24, 2.45) is 0 Å². The molecule has 16 heavy (non-hydrogen) atoms. The van der Waals surface area contributed by atoms with Crippen molar-refractivity contribution in [2.75, 3.05) is 19.8 Å². The molecule has 0 aliphatic carbocycles. The van der Waals surface area contributed by atoms with Crippen LogP contribution in [0.3, 0.4) is 0 Å². The number of fused-ring (bicyclic) bond motifs is 1. The quantitative estimate of drug-likeness (QED) is 0.786. The predicted molar refractivity (Wildman–Crippen MR) is 62.0 cm³/mol. The minimum Gasteiger partial charge on any atom is -0.486 e. The molecule has 3 nitrogen and oxygen atoms in total. The molecule has 0 unspecified atom stereocenters. The molecule has 3 heteroatoms. The van der Waals surface area contributed by atoms with Gasteiger partial charge in [-0.05, 0) is 25.5 Å². The Balaban J connectivity index is 1.93. The summed E-state index contributed by atoms with van der Waals surface area (Å²) in [4.78, 5) is 0. The molecule has 86 valence electrons. The molecule has 0 saturated carbocycles. The third-order valence-corrected chi connectivity index (χ3v) is 3.28. The summed E-state index contributed by atoms with van der Waals surface area (Å²) in [6, 6.07) is 6.63. The van der Waals surface area contributed by atoms with E-state index in [4.69, 9.17) is 9.47 Å². The number of rotatable bonds is 1. The highest BCUT2D eigenvalue weighted by Crippen LogP contribution is 2.38. The van der Waals surface area contributed by atoms with Gasteiger partial charge in [0, 0.05) is 11.6 Å². The second kappa shape index (κ2) is 4.34. The largest absolute Gasteiger partial charge is 0.486 e. The van der Waals surface area contributed by atoms with E-state index in [9.17, 15) is 0 Å². The Morgan fingerprint density at radius 2 is 2.06 bits per heavy atom. The molecular formula is C13H17NO2. The molecule has 0 radical (unpaired) electrons. The van der Waals surface area contributed by atoms with Crippen molar-refractivity contribution in [3.8, 4) is 11.5 Å². The van der Waals surface area contributed by atoms with Crippen molar-refractivity contribution >= 4 is 0 Å². The van der Waals surface area contributed by atoms with Gasteiger partial charge in [0.05, 0.1) is 0 Å². The summed E-state index contributed by atoms with van der Waals surface area (Å²) in [5, 5.41) is 3.55. The number of hydrogen-bond donors (Lipinski definition) is 1. The van der Waals surface area contributed by atoms with E-state index >= 15 is 0 Å². The monoisotopic (exact) mass is 219 g/mol. The smallest absolute Gasteiger partial charge is 0.166 e. The molecular weight excluding hydrogens is 202 g/mol. The Kier molecular flexibility index (Phi) is 2.70. The van der Waals surface area contributed by atoms with Crippen molar-refractivity contribution in [1.29, 1.82) is 0 Å². The standard InChI is InChI=1S/C13H17NO2/c1-2-7-14-11(5-1)10-4-3-6-12-13(10)16-9-8-15-12/h3-4,6,11,14H,1-2,5,7-9H2/t11-/m0/s1. The number of piperidine rings is 1. The van der Waals surface area contributed by atoms with Crippen LogP contribution in [0.15, 0.2) is 18.2 Å². The first-order valence-electron chi connectivity index (χ1n) is 6.07. The normalized spacial score (nSPS) is 24.1. The van der Waals surface area contributed by atoms with Crippen LogP contribution in [0.1, 0.15) is 30.9 Å². The molecule has 1 aromatic carbocycles. The lowest BCUT2D eigenvalue weighted by Gasteiger charge is -2.28. The van der Waals surface area contributed by atoms with Gasteiger partial charge in [-0.25, -0.2) is 0 Å². The lowest BCUT2D eigenvalue weighted by atomic mass is 9.96. The van der Waals surface area contributed by atoms with Crippen molar-refractivity contribution in [1.82, 2.24) is 5.32 Å². The van der Waals surface area contributed by atoms with E-state index in [1.807, 2.05) is 6.07 Å². The summed E-state index contributed by atoms with van der Waals surface area (Å²) >= 11 is 0. The third kappa shape index (κ3) is 1.76. The summed E-state index contributed by atoms with van der Waals surface area (Å²) in [6.07, 6.45) is 3.77. The van der Waals surface area contributed by atoms with E-state index in [2.05, 4.69) is 17.4 Å². The van der Waals surface area contributed by atoms with E-state index in [1.54, 1.807) is 0 Å². The third-order valence-electron chi connectivity index (χ3n) is 3.28. The van der Waals surface area contributed by atoms with Crippen LogP contribution in [0, 0.1) is 0 Å². The molecule has 1 aromatic rings. The molecule has 3 rings (SSSR count). The van der Waals surface area contributed by atoms with Crippen LogP contribution in [0.2, 0.25) is 0 Å². The summed E-state index contributed by atoms with van der Waals surface area (Å²) in [7, 11) is 0. The predicted octanol–water partition coefficient (Wildman–Crippen LogP) is 2.27. The zero-order chi connectivity index (χ0) is 10.8. The molecule has 0 bridgehead atoms. The lowest BCUT2D eigenvalue weighted by molar-refractivity contribution is 0.168. The molecule has 1 atom stereocenters. The fourth-order valence-electron chi connectivity index (χ4n) is 2.49. The molecule has 2 heterocycles. The van der Waals surface area contributed by atoms with E-state index in [0.29, 0.717) is 19.3 Å². The Hall–Kier alpha value is -1.22. The number of hydrogen-bond acceptors (Lipinski definition) is 3. The molecule has 1 saturated heterocycles. The molecule has 0 amide bonds. The first-order valence-corrected chi connectivity index (χ1v) is 6.07. The zero-order valence-electron chi connectivity index (χ0n) is 9.37. The van der Waals surface area contributed by atoms with Crippen LogP contribution in [0.4, 0.5) is 0 Å². The van der Waals surface area contributed by atoms with Gasteiger partial charge in [0.2, 0.25) is 0 Å². The average molecular weight is 219 g/mol. The van der Waals surface area contributed by atoms with Gasteiger partial charge in [0.1, 0.15) is 13.2 Å². The number of ether oxygens (including phenoxy) is 2. The van der Waals surface area contributed by atoms with Gasteiger partial charge in [-0.1, -0.05) is 18.6 Å². The van der Waals surface area contributed by atoms with Crippen LogP contribution < -0.4 is 14.8 Å². The highest BCUT2D eigenvalue weighted by atomic mass is 16.6. The number of para-hydroxylation sites is 1. The number of nitrogens with one attached hydrogen (secondary N) is 1. The van der Waals surface area contributed by atoms with Crippen LogP contribution in [-0.4, -0.2) is 19.8 Å². The first kappa shape index (κ1) is 9.97. The van der Waals surface area contributed by atoms with Crippen LogP contribution in [0.25, 0.3) is 0 Å². The summed E-state index contributed by atoms with van der Waals surface area (Å²) in [6.45, 7) is 2.43. The average Bonchev–Trinajstić information content (AvgIpc) is 2.39. The maximum Gasteiger partial charge on any atom is 0.166 e. The Morgan fingerprint density at radius 3 is 2.94 bits per heavy atom. The fourth-order valence-corrected chi connectivity index (χ4v) is 2.49. The van der Waals surface area contributed by atoms with Crippen LogP contribution in [0.5, 0.6) is 11.5 Å². The molecule has 1 fully saturated rings. The molecule has 0 spiro atoms. The lowest BCUT2D eigenvalue weighted by Crippen LogP contribution is -2.28. The molecule has 1 N–H and O–H groups in total. The zero-order valence-corrected chi connectivity index (χ0v) is 9.37. The van der Waals surface area contributed by atoms with Crippen molar-refractivity contribution < 1.29 is 9.47 Å². The first-order chi connectivity index (χ1) is 7.95. The molecule has 2 aliphatic heterocycles. The minimum atomic E-state index is 0.436. The SMILES string of the molecule is c1cc2c(c([C@@H]3CCCCN3)c1)OCCO2. The van der Waals surface area contributed by atoms with Gasteiger partial charge in [0.25, 0.3) is 0 Å². The van der Waals surface area contributed by atoms with Gasteiger partial charge >= 0.3 is 0 Å². The van der Waals surface area contributed by atoms with Gasteiger partial charge in [-0.3, -0.25) is 0 Å². The maximum atomic E-state index is 5.74. The summed E-state index contributed by atoms with van der Waals surface area (Å²) in [5.74, 6) is 1.85. The summed E-state index contributed by atoms with van der Waals surface area (Å²) < 4.78 is 11.3. The van der Waals surface area contributed by atoms with E-state index in [1.165, 1.54) is 24.8 Å². The van der Waals surface area contributed by atoms with Gasteiger partial charge in [0.15, 0.2) is 11.5 Å². The highest BCUT2D eigenvalue weighted by Gasteiger charge is 2.22. The van der Waals surface area contributed by atoms with Crippen LogP contribution in [-0.2, 0) is 0 Å². The fraction of sp³-hybridized carbons (Fsp3) is 0.538. The van der Waals surface area contributed by atoms with Gasteiger partial charge < -0.3 is 14.8 Å². The molecule has 0 aromatic heterocycles. The van der Waals surface area contributed by atoms with Crippen LogP contribution >= 0.6 is 0 Å². The Morgan fingerprint density at radius 1 is 1.12 bits per heavy atom. The minimum absolute atomic E-state index is 0.436. The van der Waals surface area contributed by atoms with Crippen molar-refractivity contribution in [2.45, 2.75) is 25.3 Å². The topological polar surface area (TPSA) is 30.5 Å². The van der Waals surface area contributed by atoms with E-state index < -0.39 is 0 Å². The van der Waals surface area contributed by atoms with Gasteiger partial charge in [-0.2, -0.15) is 0 Å². The second-order valence-corrected chi connectivity index (χ2v) is 4.37. The van der Waals surface area contributed by atoms with Crippen molar-refractivity contribution in [3.05, 3.63) is 23.8 Å². The highest BCUT2D eigenvalue weighted by molar-refractivity contribution is 5.49. The summed E-state index contributed by atoms with van der Waals surface area (Å²) in [5.41, 5.74) is 1.26. The van der Waals surface area contributed by atoms with E-state index in [-0.39, 0.29) is 0 Å². The second-order valence-electron chi connectivity index (χ2n) is 4.37. The molecule has 2 aliphatic rings. The van der Waals surface area contributed by atoms with Gasteiger partial charge in [-0.15, -0.1) is 0 Å². The van der Waals surface area contributed by atoms with E-state index in [0.717, 1.165) is 18.0 Å². The number of benzene rings is 1. The van der Waals surface area contributed by atoms with Crippen molar-refractivity contribution in [3.63, 3.8) is 0 Å².